The molecule has 1 aliphatic rings. The lowest BCUT2D eigenvalue weighted by Gasteiger charge is -2.30. The van der Waals surface area contributed by atoms with E-state index in [9.17, 15) is 0 Å². The molecule has 102 valence electrons. The molecule has 1 aliphatic heterocycles. The van der Waals surface area contributed by atoms with Crippen LogP contribution in [0.25, 0.3) is 11.0 Å². The van der Waals surface area contributed by atoms with Crippen molar-refractivity contribution < 1.29 is 4.42 Å². The minimum Gasteiger partial charge on any atom is -0.464 e. The third-order valence-corrected chi connectivity index (χ3v) is 4.36. The Morgan fingerprint density at radius 2 is 2.00 bits per heavy atom. The first-order valence-corrected chi connectivity index (χ1v) is 7.50. The smallest absolute Gasteiger partial charge is 0.134 e. The molecule has 0 aliphatic carbocycles. The van der Waals surface area contributed by atoms with E-state index in [1.54, 1.807) is 0 Å². The highest BCUT2D eigenvalue weighted by Gasteiger charge is 2.15. The normalized spacial score (nSPS) is 18.2. The Balaban J connectivity index is 1.52. The molecule has 2 nitrogen and oxygen atoms in total. The number of piperidine rings is 1. The van der Waals surface area contributed by atoms with E-state index in [1.807, 2.05) is 18.4 Å². The first kappa shape index (κ1) is 12.7. The molecule has 2 heteroatoms. The highest BCUT2D eigenvalue weighted by atomic mass is 16.3. The number of para-hydroxylation sites is 1. The van der Waals surface area contributed by atoms with Crippen LogP contribution >= 0.6 is 0 Å². The number of aryl methyl sites for hydroxylation is 1. The van der Waals surface area contributed by atoms with E-state index in [1.165, 1.54) is 49.8 Å². The Bertz CT molecular complexity index is 523. The van der Waals surface area contributed by atoms with Gasteiger partial charge < -0.3 is 9.32 Å². The van der Waals surface area contributed by atoms with Crippen LogP contribution in [0, 0.1) is 5.92 Å². The van der Waals surface area contributed by atoms with Gasteiger partial charge in [-0.1, -0.05) is 25.1 Å². The molecule has 0 amide bonds. The molecule has 0 N–H and O–H groups in total. The van der Waals surface area contributed by atoms with Crippen LogP contribution in [-0.4, -0.2) is 24.5 Å². The van der Waals surface area contributed by atoms with E-state index in [0.29, 0.717) is 0 Å². The van der Waals surface area contributed by atoms with Crippen LogP contribution < -0.4 is 0 Å². The Labute approximate surface area is 115 Å². The van der Waals surface area contributed by atoms with E-state index in [4.69, 9.17) is 4.42 Å². The van der Waals surface area contributed by atoms with Gasteiger partial charge in [-0.2, -0.15) is 0 Å². The number of rotatable bonds is 4. The highest BCUT2D eigenvalue weighted by Crippen LogP contribution is 2.22. The second-order valence-corrected chi connectivity index (χ2v) is 5.88. The molecule has 3 rings (SSSR count). The zero-order chi connectivity index (χ0) is 13.1. The summed E-state index contributed by atoms with van der Waals surface area (Å²) in [6.07, 6.45) is 7.03. The SMILES string of the molecule is CC1CCN(CCCc2coc3ccccc23)CC1. The summed E-state index contributed by atoms with van der Waals surface area (Å²) in [6.45, 7) is 6.17. The predicted molar refractivity (Wildman–Crippen MR) is 79.4 cm³/mol. The summed E-state index contributed by atoms with van der Waals surface area (Å²) in [5, 5.41) is 1.29. The highest BCUT2D eigenvalue weighted by molar-refractivity contribution is 5.80. The van der Waals surface area contributed by atoms with Crippen molar-refractivity contribution in [3.63, 3.8) is 0 Å². The van der Waals surface area contributed by atoms with Gasteiger partial charge in [-0.15, -0.1) is 0 Å². The standard InChI is InChI=1S/C17H23NO/c1-14-8-11-18(12-9-14)10-4-5-15-13-19-17-7-3-2-6-16(15)17/h2-3,6-7,13-14H,4-5,8-12H2,1H3. The Morgan fingerprint density at radius 3 is 2.84 bits per heavy atom. The van der Waals surface area contributed by atoms with Gasteiger partial charge in [-0.05, 0) is 62.9 Å². The Hall–Kier alpha value is -1.28. The topological polar surface area (TPSA) is 16.4 Å². The van der Waals surface area contributed by atoms with Crippen molar-refractivity contribution >= 4 is 11.0 Å². The lowest BCUT2D eigenvalue weighted by atomic mass is 9.99. The summed E-state index contributed by atoms with van der Waals surface area (Å²) in [5.41, 5.74) is 2.38. The van der Waals surface area contributed by atoms with Crippen LogP contribution in [-0.2, 0) is 6.42 Å². The third kappa shape index (κ3) is 3.01. The van der Waals surface area contributed by atoms with E-state index >= 15 is 0 Å². The lowest BCUT2D eigenvalue weighted by molar-refractivity contribution is 0.191. The van der Waals surface area contributed by atoms with Crippen LogP contribution in [0.15, 0.2) is 34.9 Å². The second-order valence-electron chi connectivity index (χ2n) is 5.88. The van der Waals surface area contributed by atoms with Gasteiger partial charge in [0.05, 0.1) is 6.26 Å². The van der Waals surface area contributed by atoms with Gasteiger partial charge in [0.25, 0.3) is 0 Å². The van der Waals surface area contributed by atoms with Gasteiger partial charge in [-0.25, -0.2) is 0 Å². The summed E-state index contributed by atoms with van der Waals surface area (Å²) < 4.78 is 5.59. The molecule has 2 aromatic rings. The van der Waals surface area contributed by atoms with E-state index in [0.717, 1.165) is 17.9 Å². The maximum Gasteiger partial charge on any atom is 0.134 e. The van der Waals surface area contributed by atoms with E-state index in [-0.39, 0.29) is 0 Å². The van der Waals surface area contributed by atoms with Crippen molar-refractivity contribution in [2.45, 2.75) is 32.6 Å². The van der Waals surface area contributed by atoms with Crippen LogP contribution in [0.4, 0.5) is 0 Å². The Kier molecular flexibility index (Phi) is 3.88. The average molecular weight is 257 g/mol. The molecular weight excluding hydrogens is 234 g/mol. The number of fused-ring (bicyclic) bond motifs is 1. The molecule has 0 spiro atoms. The maximum absolute atomic E-state index is 5.59. The molecule has 0 unspecified atom stereocenters. The fourth-order valence-corrected chi connectivity index (χ4v) is 3.01. The van der Waals surface area contributed by atoms with Crippen molar-refractivity contribution in [1.29, 1.82) is 0 Å². The van der Waals surface area contributed by atoms with Gasteiger partial charge in [-0.3, -0.25) is 0 Å². The number of likely N-dealkylation sites (tertiary alicyclic amines) is 1. The number of furan rings is 1. The van der Waals surface area contributed by atoms with E-state index < -0.39 is 0 Å². The fourth-order valence-electron chi connectivity index (χ4n) is 3.01. The predicted octanol–water partition coefficient (Wildman–Crippen LogP) is 4.10. The quantitative estimate of drug-likeness (QED) is 0.820. The molecule has 0 bridgehead atoms. The van der Waals surface area contributed by atoms with Crippen molar-refractivity contribution in [3.8, 4) is 0 Å². The molecule has 0 saturated carbocycles. The zero-order valence-electron chi connectivity index (χ0n) is 11.8. The van der Waals surface area contributed by atoms with Gasteiger partial charge in [0.1, 0.15) is 5.58 Å². The average Bonchev–Trinajstić information content (AvgIpc) is 2.85. The molecular formula is C17H23NO. The minimum absolute atomic E-state index is 0.925. The number of hydrogen-bond acceptors (Lipinski definition) is 2. The van der Waals surface area contributed by atoms with Crippen molar-refractivity contribution in [1.82, 2.24) is 4.90 Å². The van der Waals surface area contributed by atoms with Crippen LogP contribution in [0.2, 0.25) is 0 Å². The van der Waals surface area contributed by atoms with Crippen LogP contribution in [0.3, 0.4) is 0 Å². The molecule has 1 fully saturated rings. The van der Waals surface area contributed by atoms with Crippen LogP contribution in [0.5, 0.6) is 0 Å². The van der Waals surface area contributed by atoms with Crippen molar-refractivity contribution in [2.24, 2.45) is 5.92 Å². The van der Waals surface area contributed by atoms with Gasteiger partial charge in [0, 0.05) is 5.39 Å². The third-order valence-electron chi connectivity index (χ3n) is 4.36. The lowest BCUT2D eigenvalue weighted by Crippen LogP contribution is -2.33. The summed E-state index contributed by atoms with van der Waals surface area (Å²) >= 11 is 0. The molecule has 0 atom stereocenters. The van der Waals surface area contributed by atoms with Crippen molar-refractivity contribution in [3.05, 3.63) is 36.1 Å². The second kappa shape index (κ2) is 5.79. The van der Waals surface area contributed by atoms with Gasteiger partial charge in [0.15, 0.2) is 0 Å². The zero-order valence-corrected chi connectivity index (χ0v) is 11.8. The largest absolute Gasteiger partial charge is 0.464 e. The van der Waals surface area contributed by atoms with Crippen molar-refractivity contribution in [2.75, 3.05) is 19.6 Å². The Morgan fingerprint density at radius 1 is 1.21 bits per heavy atom. The molecule has 0 radical (unpaired) electrons. The summed E-state index contributed by atoms with van der Waals surface area (Å²) in [6, 6.07) is 8.33. The number of benzene rings is 1. The molecule has 2 heterocycles. The minimum atomic E-state index is 0.925. The monoisotopic (exact) mass is 257 g/mol. The maximum atomic E-state index is 5.59. The van der Waals surface area contributed by atoms with E-state index in [2.05, 4.69) is 24.0 Å². The molecule has 1 aromatic heterocycles. The van der Waals surface area contributed by atoms with Crippen LogP contribution in [0.1, 0.15) is 31.7 Å². The first-order valence-electron chi connectivity index (χ1n) is 7.50. The van der Waals surface area contributed by atoms with Gasteiger partial charge >= 0.3 is 0 Å². The molecule has 1 saturated heterocycles. The fraction of sp³-hybridized carbons (Fsp3) is 0.529. The summed E-state index contributed by atoms with van der Waals surface area (Å²) in [4.78, 5) is 2.61. The summed E-state index contributed by atoms with van der Waals surface area (Å²) in [5.74, 6) is 0.925. The molecule has 1 aromatic carbocycles. The number of nitrogens with zero attached hydrogens (tertiary/aromatic N) is 1. The first-order chi connectivity index (χ1) is 9.33. The van der Waals surface area contributed by atoms with Gasteiger partial charge in [0.2, 0.25) is 0 Å². The number of hydrogen-bond donors (Lipinski definition) is 0. The summed E-state index contributed by atoms with van der Waals surface area (Å²) in [7, 11) is 0. The molecule has 19 heavy (non-hydrogen) atoms.